The number of rotatable bonds is 2. The van der Waals surface area contributed by atoms with Crippen LogP contribution in [0.25, 0.3) is 11.0 Å². The average molecular weight is 393 g/mol. The fraction of sp³-hybridized carbons (Fsp3) is 0.417. The van der Waals surface area contributed by atoms with Crippen molar-refractivity contribution in [2.75, 3.05) is 49.2 Å². The quantitative estimate of drug-likeness (QED) is 0.628. The standard InChI is InChI=1S/C12H18N2.C8H6N2.C4H8O/c1-3-13-9-10-14(4-2)12-8-6-5-7-11(12)13;1-2-4-8-7(3-1)9-5-6-10-8;1-2-4-5-3-1/h5-8H,3-4,9-10H2,1-2H3;1-6H;1-4H2. The fourth-order valence-corrected chi connectivity index (χ4v) is 3.56. The summed E-state index contributed by atoms with van der Waals surface area (Å²) in [6.45, 7) is 11.0. The van der Waals surface area contributed by atoms with Gasteiger partial charge in [0.1, 0.15) is 0 Å². The van der Waals surface area contributed by atoms with E-state index >= 15 is 0 Å². The van der Waals surface area contributed by atoms with Crippen LogP contribution in [0.5, 0.6) is 0 Å². The van der Waals surface area contributed by atoms with E-state index in [1.54, 1.807) is 12.4 Å². The molecule has 3 aromatic rings. The van der Waals surface area contributed by atoms with Gasteiger partial charge in [-0.3, -0.25) is 9.97 Å². The number of hydrogen-bond donors (Lipinski definition) is 0. The Hall–Kier alpha value is -2.66. The summed E-state index contributed by atoms with van der Waals surface area (Å²) < 4.78 is 4.94. The number of nitrogens with zero attached hydrogens (tertiary/aromatic N) is 4. The summed E-state index contributed by atoms with van der Waals surface area (Å²) in [5.41, 5.74) is 4.68. The lowest BCUT2D eigenvalue weighted by atomic mass is 10.1. The van der Waals surface area contributed by atoms with Crippen molar-refractivity contribution in [1.82, 2.24) is 9.97 Å². The van der Waals surface area contributed by atoms with Crippen LogP contribution in [0.4, 0.5) is 11.4 Å². The maximum Gasteiger partial charge on any atom is 0.0886 e. The van der Waals surface area contributed by atoms with Gasteiger partial charge in [0.2, 0.25) is 0 Å². The minimum absolute atomic E-state index is 0.949. The first-order chi connectivity index (χ1) is 14.3. The summed E-state index contributed by atoms with van der Waals surface area (Å²) in [6, 6.07) is 16.5. The molecule has 2 aromatic carbocycles. The number of ether oxygens (including phenoxy) is 1. The molecule has 5 rings (SSSR count). The van der Waals surface area contributed by atoms with Gasteiger partial charge in [0.15, 0.2) is 0 Å². The molecule has 0 amide bonds. The molecule has 5 nitrogen and oxygen atoms in total. The van der Waals surface area contributed by atoms with Gasteiger partial charge in [-0.15, -0.1) is 0 Å². The molecule has 0 unspecified atom stereocenters. The average Bonchev–Trinajstić information content (AvgIpc) is 3.39. The van der Waals surface area contributed by atoms with Crippen molar-refractivity contribution < 1.29 is 4.74 Å². The van der Waals surface area contributed by atoms with Crippen LogP contribution in [0, 0.1) is 0 Å². The summed E-state index contributed by atoms with van der Waals surface area (Å²) >= 11 is 0. The second-order valence-electron chi connectivity index (χ2n) is 7.01. The maximum atomic E-state index is 4.94. The zero-order chi connectivity index (χ0) is 20.3. The van der Waals surface area contributed by atoms with Gasteiger partial charge in [-0.25, -0.2) is 0 Å². The van der Waals surface area contributed by atoms with Crippen molar-refractivity contribution in [3.8, 4) is 0 Å². The van der Waals surface area contributed by atoms with Crippen molar-refractivity contribution in [1.29, 1.82) is 0 Å². The molecular formula is C24H32N4O. The molecule has 5 heteroatoms. The zero-order valence-corrected chi connectivity index (χ0v) is 17.6. The normalized spacial score (nSPS) is 15.1. The maximum absolute atomic E-state index is 4.94. The van der Waals surface area contributed by atoms with Crippen LogP contribution in [0.2, 0.25) is 0 Å². The first-order valence-electron chi connectivity index (χ1n) is 10.7. The molecular weight excluding hydrogens is 360 g/mol. The van der Waals surface area contributed by atoms with Gasteiger partial charge in [-0.05, 0) is 51.0 Å². The van der Waals surface area contributed by atoms with Gasteiger partial charge in [-0.2, -0.15) is 0 Å². The van der Waals surface area contributed by atoms with Crippen LogP contribution in [0.3, 0.4) is 0 Å². The van der Waals surface area contributed by atoms with Crippen LogP contribution in [0.15, 0.2) is 60.9 Å². The third-order valence-electron chi connectivity index (χ3n) is 5.17. The SMILES string of the molecule is C1CCOC1.CCN1CCN(CC)c2ccccc21.c1ccc2nccnc2c1. The lowest BCUT2D eigenvalue weighted by Gasteiger charge is -2.37. The van der Waals surface area contributed by atoms with Crippen LogP contribution in [-0.2, 0) is 4.74 Å². The van der Waals surface area contributed by atoms with Gasteiger partial charge in [0, 0.05) is 51.8 Å². The van der Waals surface area contributed by atoms with Crippen molar-refractivity contribution in [2.24, 2.45) is 0 Å². The molecule has 2 aliphatic rings. The largest absolute Gasteiger partial charge is 0.381 e. The van der Waals surface area contributed by atoms with E-state index < -0.39 is 0 Å². The molecule has 0 atom stereocenters. The smallest absolute Gasteiger partial charge is 0.0886 e. The van der Waals surface area contributed by atoms with Gasteiger partial charge in [0.25, 0.3) is 0 Å². The Labute approximate surface area is 174 Å². The Bertz CT molecular complexity index is 762. The zero-order valence-electron chi connectivity index (χ0n) is 17.6. The van der Waals surface area contributed by atoms with E-state index in [1.807, 2.05) is 24.3 Å². The number of hydrogen-bond acceptors (Lipinski definition) is 5. The first-order valence-corrected chi connectivity index (χ1v) is 10.7. The van der Waals surface area contributed by atoms with Gasteiger partial charge in [-0.1, -0.05) is 24.3 Å². The second kappa shape index (κ2) is 11.4. The molecule has 0 radical (unpaired) electrons. The molecule has 0 saturated carbocycles. The van der Waals surface area contributed by atoms with Crippen molar-refractivity contribution in [3.05, 3.63) is 60.9 Å². The Kier molecular flexibility index (Phi) is 8.25. The number of benzene rings is 2. The second-order valence-corrected chi connectivity index (χ2v) is 7.01. The highest BCUT2D eigenvalue weighted by atomic mass is 16.5. The van der Waals surface area contributed by atoms with Crippen molar-refractivity contribution >= 4 is 22.4 Å². The Morgan fingerprint density at radius 3 is 1.55 bits per heavy atom. The minimum atomic E-state index is 0.949. The van der Waals surface area contributed by atoms with E-state index in [9.17, 15) is 0 Å². The number of likely N-dealkylation sites (N-methyl/N-ethyl adjacent to an activating group) is 2. The van der Waals surface area contributed by atoms with Crippen LogP contribution in [-0.4, -0.2) is 49.4 Å². The topological polar surface area (TPSA) is 41.5 Å². The van der Waals surface area contributed by atoms with E-state index in [1.165, 1.54) is 24.2 Å². The summed E-state index contributed by atoms with van der Waals surface area (Å²) in [5, 5.41) is 0. The summed E-state index contributed by atoms with van der Waals surface area (Å²) in [6.07, 6.45) is 5.95. The third-order valence-corrected chi connectivity index (χ3v) is 5.17. The van der Waals surface area contributed by atoms with Crippen LogP contribution < -0.4 is 9.80 Å². The monoisotopic (exact) mass is 392 g/mol. The Morgan fingerprint density at radius 1 is 0.724 bits per heavy atom. The van der Waals surface area contributed by atoms with Crippen LogP contribution >= 0.6 is 0 Å². The lowest BCUT2D eigenvalue weighted by molar-refractivity contribution is 0.198. The highest BCUT2D eigenvalue weighted by Gasteiger charge is 2.19. The van der Waals surface area contributed by atoms with E-state index in [0.717, 1.165) is 50.4 Å². The number of aromatic nitrogens is 2. The van der Waals surface area contributed by atoms with Crippen molar-refractivity contribution in [2.45, 2.75) is 26.7 Å². The molecule has 0 aliphatic carbocycles. The molecule has 2 aliphatic heterocycles. The number of fused-ring (bicyclic) bond motifs is 2. The number of anilines is 2. The summed E-state index contributed by atoms with van der Waals surface area (Å²) in [5.74, 6) is 0. The molecule has 1 aromatic heterocycles. The predicted octanol–water partition coefficient (Wildman–Crippen LogP) is 4.78. The number of para-hydroxylation sites is 4. The minimum Gasteiger partial charge on any atom is -0.381 e. The third kappa shape index (κ3) is 5.91. The van der Waals surface area contributed by atoms with Gasteiger partial charge in [0.05, 0.1) is 22.4 Å². The Morgan fingerprint density at radius 2 is 1.17 bits per heavy atom. The van der Waals surface area contributed by atoms with E-state index in [2.05, 4.69) is 57.9 Å². The Balaban J connectivity index is 0.000000139. The lowest BCUT2D eigenvalue weighted by Crippen LogP contribution is -2.40. The molecule has 1 saturated heterocycles. The highest BCUT2D eigenvalue weighted by molar-refractivity contribution is 5.73. The molecule has 1 fully saturated rings. The molecule has 29 heavy (non-hydrogen) atoms. The van der Waals surface area contributed by atoms with E-state index in [-0.39, 0.29) is 0 Å². The molecule has 154 valence electrons. The summed E-state index contributed by atoms with van der Waals surface area (Å²) in [4.78, 5) is 13.1. The molecule has 0 spiro atoms. The van der Waals surface area contributed by atoms with E-state index in [4.69, 9.17) is 4.74 Å². The summed E-state index contributed by atoms with van der Waals surface area (Å²) in [7, 11) is 0. The highest BCUT2D eigenvalue weighted by Crippen LogP contribution is 2.31. The predicted molar refractivity (Wildman–Crippen MR) is 122 cm³/mol. The molecule has 0 bridgehead atoms. The van der Waals surface area contributed by atoms with Gasteiger partial charge < -0.3 is 14.5 Å². The molecule has 3 heterocycles. The first kappa shape index (κ1) is 21.1. The van der Waals surface area contributed by atoms with E-state index in [0.29, 0.717) is 0 Å². The molecule has 0 N–H and O–H groups in total. The van der Waals surface area contributed by atoms with Crippen LogP contribution in [0.1, 0.15) is 26.7 Å². The van der Waals surface area contributed by atoms with Gasteiger partial charge >= 0.3 is 0 Å². The fourth-order valence-electron chi connectivity index (χ4n) is 3.56. The van der Waals surface area contributed by atoms with Crippen molar-refractivity contribution in [3.63, 3.8) is 0 Å².